The van der Waals surface area contributed by atoms with E-state index >= 15 is 0 Å². The van der Waals surface area contributed by atoms with Crippen molar-refractivity contribution in [2.24, 2.45) is 0 Å². The number of hydrogen-bond donors (Lipinski definition) is 1. The van der Waals surface area contributed by atoms with Gasteiger partial charge in [0.1, 0.15) is 12.0 Å². The van der Waals surface area contributed by atoms with Crippen molar-refractivity contribution in [3.05, 3.63) is 70.6 Å². The number of nitrogens with one attached hydrogen (secondary N) is 1. The van der Waals surface area contributed by atoms with Crippen molar-refractivity contribution in [3.63, 3.8) is 0 Å². The van der Waals surface area contributed by atoms with E-state index in [1.807, 2.05) is 13.8 Å². The maximum atomic E-state index is 14.9. The van der Waals surface area contributed by atoms with Gasteiger partial charge < -0.3 is 9.58 Å². The highest BCUT2D eigenvalue weighted by Gasteiger charge is 2.27. The van der Waals surface area contributed by atoms with Crippen molar-refractivity contribution < 1.29 is 22.3 Å². The third-order valence-corrected chi connectivity index (χ3v) is 7.47. The molecule has 1 amide bonds. The van der Waals surface area contributed by atoms with E-state index in [0.717, 1.165) is 6.42 Å². The van der Waals surface area contributed by atoms with Crippen LogP contribution in [0.2, 0.25) is 0 Å². The highest BCUT2D eigenvalue weighted by Crippen LogP contribution is 2.36. The van der Waals surface area contributed by atoms with Crippen molar-refractivity contribution >= 4 is 21.7 Å². The molecule has 0 spiro atoms. The fourth-order valence-corrected chi connectivity index (χ4v) is 5.27. The number of benzene rings is 1. The van der Waals surface area contributed by atoms with Gasteiger partial charge in [0.05, 0.1) is 18.6 Å². The largest absolute Gasteiger partial charge is 0.377 e. The molecule has 2 heterocycles. The van der Waals surface area contributed by atoms with Gasteiger partial charge in [0, 0.05) is 13.3 Å². The molecule has 0 fully saturated rings. The van der Waals surface area contributed by atoms with E-state index in [0.29, 0.717) is 47.2 Å². The first kappa shape index (κ1) is 25.5. The lowest BCUT2D eigenvalue weighted by atomic mass is 9.91. The number of sulfonamides is 1. The molecule has 0 saturated carbocycles. The first-order valence-electron chi connectivity index (χ1n) is 11.3. The van der Waals surface area contributed by atoms with Gasteiger partial charge in [-0.3, -0.25) is 9.48 Å². The third-order valence-electron chi connectivity index (χ3n) is 6.21. The third kappa shape index (κ3) is 5.29. The van der Waals surface area contributed by atoms with Gasteiger partial charge in [0.15, 0.2) is 5.03 Å². The molecule has 0 unspecified atom stereocenters. The van der Waals surface area contributed by atoms with Crippen LogP contribution in [0.25, 0.3) is 16.0 Å². The molecule has 3 aromatic rings. The second kappa shape index (κ2) is 9.79. The predicted octanol–water partition coefficient (Wildman–Crippen LogP) is 3.60. The Morgan fingerprint density at radius 1 is 1.28 bits per heavy atom. The molecule has 4 rings (SSSR count). The van der Waals surface area contributed by atoms with Crippen LogP contribution in [0, 0.1) is 12.4 Å². The van der Waals surface area contributed by atoms with Gasteiger partial charge in [-0.25, -0.2) is 9.11 Å². The van der Waals surface area contributed by atoms with Crippen LogP contribution < -0.4 is 4.72 Å². The van der Waals surface area contributed by atoms with Crippen LogP contribution in [0.5, 0.6) is 0 Å². The molecular formula is C25H26FN5O4S. The van der Waals surface area contributed by atoms with Crippen LogP contribution in [0.3, 0.4) is 0 Å². The molecule has 36 heavy (non-hydrogen) atoms. The summed E-state index contributed by atoms with van der Waals surface area (Å²) in [6, 6.07) is 5.82. The summed E-state index contributed by atoms with van der Waals surface area (Å²) in [5, 5.41) is 3.79. The summed E-state index contributed by atoms with van der Waals surface area (Å²) >= 11 is 0. The highest BCUT2D eigenvalue weighted by atomic mass is 32.2. The van der Waals surface area contributed by atoms with E-state index in [2.05, 4.69) is 19.6 Å². The molecular weight excluding hydrogens is 485 g/mol. The molecule has 0 saturated heterocycles. The molecule has 0 aliphatic heterocycles. The lowest BCUT2D eigenvalue weighted by Gasteiger charge is -2.22. The number of carbonyl (C=O) groups is 1. The number of ether oxygens (including phenoxy) is 1. The van der Waals surface area contributed by atoms with E-state index in [1.165, 1.54) is 35.3 Å². The number of hydrogen-bond acceptors (Lipinski definition) is 6. The Morgan fingerprint density at radius 2 is 2.03 bits per heavy atom. The molecule has 9 nitrogen and oxygen atoms in total. The van der Waals surface area contributed by atoms with Crippen molar-refractivity contribution in [2.45, 2.75) is 56.7 Å². The second-order valence-corrected chi connectivity index (χ2v) is 10.9. The average Bonchev–Trinajstić information content (AvgIpc) is 3.51. The number of rotatable bonds is 8. The normalized spacial score (nSPS) is 13.3. The van der Waals surface area contributed by atoms with Crippen molar-refractivity contribution in [1.29, 1.82) is 0 Å². The highest BCUT2D eigenvalue weighted by molar-refractivity contribution is 7.90. The van der Waals surface area contributed by atoms with Crippen LogP contribution in [-0.4, -0.2) is 41.8 Å². The van der Waals surface area contributed by atoms with Crippen LogP contribution in [0.1, 0.15) is 37.0 Å². The minimum Gasteiger partial charge on any atom is -0.377 e. The Bertz CT molecular complexity index is 1470. The molecule has 1 aromatic carbocycles. The van der Waals surface area contributed by atoms with Crippen molar-refractivity contribution in [2.75, 3.05) is 7.11 Å². The second-order valence-electron chi connectivity index (χ2n) is 9.23. The summed E-state index contributed by atoms with van der Waals surface area (Å²) in [6.45, 7) is 11.2. The number of nitrogens with zero attached hydrogens (tertiary/aromatic N) is 4. The molecule has 1 aliphatic carbocycles. The van der Waals surface area contributed by atoms with E-state index in [1.54, 1.807) is 13.2 Å². The minimum absolute atomic E-state index is 0.138. The average molecular weight is 512 g/mol. The van der Waals surface area contributed by atoms with Crippen LogP contribution in [0.15, 0.2) is 41.7 Å². The van der Waals surface area contributed by atoms with Gasteiger partial charge in [0.25, 0.3) is 15.8 Å². The Morgan fingerprint density at radius 3 is 2.75 bits per heavy atom. The quantitative estimate of drug-likeness (QED) is 0.463. The number of halogens is 1. The molecule has 1 N–H and O–H groups in total. The Kier molecular flexibility index (Phi) is 6.93. The number of carbonyl (C=O) groups excluding carboxylic acids is 1. The summed E-state index contributed by atoms with van der Waals surface area (Å²) < 4.78 is 49.5. The van der Waals surface area contributed by atoms with Gasteiger partial charge in [0.2, 0.25) is 5.91 Å². The van der Waals surface area contributed by atoms with E-state index in [-0.39, 0.29) is 23.1 Å². The van der Waals surface area contributed by atoms with Crippen molar-refractivity contribution in [3.8, 4) is 11.1 Å². The first-order chi connectivity index (χ1) is 17.0. The smallest absolute Gasteiger partial charge is 0.283 e. The number of aromatic nitrogens is 3. The lowest BCUT2D eigenvalue weighted by molar-refractivity contribution is -0.118. The van der Waals surface area contributed by atoms with E-state index in [9.17, 15) is 17.6 Å². The zero-order valence-electron chi connectivity index (χ0n) is 20.2. The van der Waals surface area contributed by atoms with E-state index in [4.69, 9.17) is 11.3 Å². The number of fused-ring (bicyclic) bond motifs is 1. The topological polar surface area (TPSA) is 108 Å². The minimum atomic E-state index is -4.23. The zero-order valence-corrected chi connectivity index (χ0v) is 21.0. The molecule has 1 aliphatic rings. The molecule has 0 bridgehead atoms. The maximum Gasteiger partial charge on any atom is 0.283 e. The summed E-state index contributed by atoms with van der Waals surface area (Å²) in [5.74, 6) is -0.998. The van der Waals surface area contributed by atoms with Crippen LogP contribution >= 0.6 is 0 Å². The zero-order chi connectivity index (χ0) is 26.1. The Balaban J connectivity index is 1.62. The van der Waals surface area contributed by atoms with E-state index < -0.39 is 21.5 Å². The summed E-state index contributed by atoms with van der Waals surface area (Å²) in [7, 11) is -2.68. The number of amides is 1. The lowest BCUT2D eigenvalue weighted by Crippen LogP contribution is -2.33. The van der Waals surface area contributed by atoms with Gasteiger partial charge in [-0.2, -0.15) is 13.5 Å². The predicted molar refractivity (Wildman–Crippen MR) is 130 cm³/mol. The van der Waals surface area contributed by atoms with Crippen LogP contribution in [0.4, 0.5) is 10.2 Å². The van der Waals surface area contributed by atoms with Crippen molar-refractivity contribution in [1.82, 2.24) is 19.5 Å². The standard InChI is InChI=1S/C25H26FN5O4S/c1-25(2,35-4)15-31-11-9-24(29-31)36(33,34)30-23(32)14-20-17-6-5-7-18(17)21(26)13-19(20)16-8-10-28-22(12-16)27-3/h8-13H,5-7,14-15H2,1-2,4H3,(H,30,32). The first-order valence-corrected chi connectivity index (χ1v) is 12.8. The monoisotopic (exact) mass is 511 g/mol. The summed E-state index contributed by atoms with van der Waals surface area (Å²) in [4.78, 5) is 20.3. The fourth-order valence-electron chi connectivity index (χ4n) is 4.34. The summed E-state index contributed by atoms with van der Waals surface area (Å²) in [6.07, 6.45) is 4.54. The van der Waals surface area contributed by atoms with Gasteiger partial charge in [-0.15, -0.1) is 4.98 Å². The van der Waals surface area contributed by atoms with Gasteiger partial charge in [-0.1, -0.05) is 6.57 Å². The summed E-state index contributed by atoms with van der Waals surface area (Å²) in [5.41, 5.74) is 2.23. The Labute approximate surface area is 209 Å². The molecule has 188 valence electrons. The molecule has 0 radical (unpaired) electrons. The number of pyridine rings is 1. The number of methoxy groups -OCH3 is 1. The SMILES string of the molecule is [C-]#[N+]c1cc(-c2cc(F)c3c(c2CC(=O)NS(=O)(=O)c2ccn(CC(C)(C)OC)n2)CCC3)ccn1. The fraction of sp³-hybridized carbons (Fsp3) is 0.360. The van der Waals surface area contributed by atoms with Gasteiger partial charge in [-0.05, 0) is 85.2 Å². The van der Waals surface area contributed by atoms with Crippen LogP contribution in [-0.2, 0) is 45.4 Å². The van der Waals surface area contributed by atoms with Gasteiger partial charge >= 0.3 is 0 Å². The molecule has 11 heteroatoms. The maximum absolute atomic E-state index is 14.9. The molecule has 0 atom stereocenters. The molecule has 2 aromatic heterocycles. The Hall–Kier alpha value is -3.62.